The number of anilines is 1. The molecule has 0 aliphatic carbocycles. The monoisotopic (exact) mass is 287 g/mol. The Kier molecular flexibility index (Phi) is 2.83. The van der Waals surface area contributed by atoms with Crippen LogP contribution in [-0.4, -0.2) is 16.1 Å². The number of carbonyl (C=O) groups is 1. The molecule has 0 aromatic carbocycles. The van der Waals surface area contributed by atoms with Gasteiger partial charge in [0.15, 0.2) is 0 Å². The molecular formula is C8H6BrN3O2S. The summed E-state index contributed by atoms with van der Waals surface area (Å²) in [6.45, 7) is 1.66. The molecule has 0 aliphatic heterocycles. The van der Waals surface area contributed by atoms with Gasteiger partial charge in [0, 0.05) is 6.92 Å². The zero-order valence-electron chi connectivity index (χ0n) is 7.65. The molecule has 0 atom stereocenters. The van der Waals surface area contributed by atoms with Crippen LogP contribution >= 0.6 is 27.3 Å². The second-order valence-electron chi connectivity index (χ2n) is 2.68. The number of halogens is 1. The van der Waals surface area contributed by atoms with Gasteiger partial charge in [-0.1, -0.05) is 5.10 Å². The summed E-state index contributed by atoms with van der Waals surface area (Å²) in [5.74, 6) is 0.159. The molecule has 2 rings (SSSR count). The molecule has 5 nitrogen and oxygen atoms in total. The Hall–Kier alpha value is -1.21. The molecule has 15 heavy (non-hydrogen) atoms. The lowest BCUT2D eigenvalue weighted by molar-refractivity contribution is 0.102. The molecular weight excluding hydrogens is 282 g/mol. The van der Waals surface area contributed by atoms with Crippen molar-refractivity contribution in [3.63, 3.8) is 0 Å². The number of hydrogen-bond donors (Lipinski definition) is 1. The number of carbonyl (C=O) groups excluding carboxylic acids is 1. The van der Waals surface area contributed by atoms with Gasteiger partial charge in [0.05, 0.1) is 8.66 Å². The quantitative estimate of drug-likeness (QED) is 0.921. The highest BCUT2D eigenvalue weighted by atomic mass is 79.9. The number of amides is 1. The van der Waals surface area contributed by atoms with E-state index in [4.69, 9.17) is 4.42 Å². The molecule has 1 amide bonds. The maximum absolute atomic E-state index is 11.6. The first kappa shape index (κ1) is 10.3. The minimum absolute atomic E-state index is 0.113. The molecule has 0 bridgehead atoms. The summed E-state index contributed by atoms with van der Waals surface area (Å²) in [7, 11) is 0. The van der Waals surface area contributed by atoms with Crippen molar-refractivity contribution in [2.75, 3.05) is 5.32 Å². The summed E-state index contributed by atoms with van der Waals surface area (Å²) in [4.78, 5) is 12.2. The number of hydrogen-bond acceptors (Lipinski definition) is 5. The summed E-state index contributed by atoms with van der Waals surface area (Å²) in [6.07, 6.45) is 0. The predicted molar refractivity (Wildman–Crippen MR) is 59.0 cm³/mol. The van der Waals surface area contributed by atoms with Crippen LogP contribution in [0.1, 0.15) is 15.6 Å². The molecule has 2 heterocycles. The van der Waals surface area contributed by atoms with Crippen molar-refractivity contribution in [1.29, 1.82) is 0 Å². The molecule has 0 radical (unpaired) electrons. The van der Waals surface area contributed by atoms with Crippen molar-refractivity contribution in [1.82, 2.24) is 10.2 Å². The topological polar surface area (TPSA) is 68.0 Å². The van der Waals surface area contributed by atoms with E-state index >= 15 is 0 Å². The molecule has 1 N–H and O–H groups in total. The Bertz CT molecular complexity index is 494. The van der Waals surface area contributed by atoms with Gasteiger partial charge in [-0.25, -0.2) is 0 Å². The van der Waals surface area contributed by atoms with Gasteiger partial charge < -0.3 is 4.42 Å². The predicted octanol–water partition coefficient (Wildman–Crippen LogP) is 2.45. The molecule has 2 aromatic rings. The van der Waals surface area contributed by atoms with Crippen LogP contribution in [0.15, 0.2) is 20.3 Å². The van der Waals surface area contributed by atoms with E-state index < -0.39 is 0 Å². The van der Waals surface area contributed by atoms with Gasteiger partial charge in [-0.2, -0.15) is 0 Å². The van der Waals surface area contributed by atoms with Crippen LogP contribution in [0.25, 0.3) is 0 Å². The average molecular weight is 288 g/mol. The lowest BCUT2D eigenvalue weighted by atomic mass is 10.4. The summed E-state index contributed by atoms with van der Waals surface area (Å²) < 4.78 is 5.92. The zero-order valence-corrected chi connectivity index (χ0v) is 10.1. The van der Waals surface area contributed by atoms with Crippen LogP contribution in [0.5, 0.6) is 0 Å². The first-order valence-electron chi connectivity index (χ1n) is 4.02. The third-order valence-corrected chi connectivity index (χ3v) is 3.17. The van der Waals surface area contributed by atoms with Crippen LogP contribution in [-0.2, 0) is 0 Å². The van der Waals surface area contributed by atoms with E-state index in [1.807, 2.05) is 0 Å². The molecule has 2 aromatic heterocycles. The van der Waals surface area contributed by atoms with Gasteiger partial charge in [0.1, 0.15) is 0 Å². The second kappa shape index (κ2) is 4.11. The number of nitrogens with zero attached hydrogens (tertiary/aromatic N) is 2. The van der Waals surface area contributed by atoms with E-state index in [-0.39, 0.29) is 11.9 Å². The number of thiophene rings is 1. The highest BCUT2D eigenvalue weighted by Crippen LogP contribution is 2.22. The number of nitrogens with one attached hydrogen (secondary N) is 1. The van der Waals surface area contributed by atoms with Crippen LogP contribution in [0.2, 0.25) is 0 Å². The molecule has 0 aliphatic rings. The smallest absolute Gasteiger partial charge is 0.322 e. The normalized spacial score (nSPS) is 10.3. The maximum atomic E-state index is 11.6. The maximum Gasteiger partial charge on any atom is 0.322 e. The van der Waals surface area contributed by atoms with Gasteiger partial charge in [0.2, 0.25) is 5.89 Å². The van der Waals surface area contributed by atoms with Crippen molar-refractivity contribution in [3.05, 3.63) is 26.7 Å². The summed E-state index contributed by atoms with van der Waals surface area (Å²) >= 11 is 4.61. The van der Waals surface area contributed by atoms with E-state index in [0.29, 0.717) is 10.8 Å². The number of aryl methyl sites for hydroxylation is 1. The lowest BCUT2D eigenvalue weighted by Gasteiger charge is -1.95. The van der Waals surface area contributed by atoms with Crippen LogP contribution < -0.4 is 5.32 Å². The Morgan fingerprint density at radius 3 is 2.87 bits per heavy atom. The Morgan fingerprint density at radius 2 is 2.33 bits per heavy atom. The summed E-state index contributed by atoms with van der Waals surface area (Å²) in [6, 6.07) is 3.63. The van der Waals surface area contributed by atoms with Crippen LogP contribution in [0, 0.1) is 6.92 Å². The van der Waals surface area contributed by atoms with E-state index in [9.17, 15) is 4.79 Å². The van der Waals surface area contributed by atoms with Crippen molar-refractivity contribution in [2.24, 2.45) is 0 Å². The fourth-order valence-electron chi connectivity index (χ4n) is 0.942. The van der Waals surface area contributed by atoms with Crippen molar-refractivity contribution in [3.8, 4) is 0 Å². The lowest BCUT2D eigenvalue weighted by Crippen LogP contribution is -2.10. The summed E-state index contributed by atoms with van der Waals surface area (Å²) in [5.41, 5.74) is 0. The zero-order chi connectivity index (χ0) is 10.8. The highest BCUT2D eigenvalue weighted by molar-refractivity contribution is 9.11. The third kappa shape index (κ3) is 2.42. The van der Waals surface area contributed by atoms with Gasteiger partial charge in [0.25, 0.3) is 5.91 Å². The number of aromatic nitrogens is 2. The minimum atomic E-state index is -0.255. The Labute approximate surface area is 97.6 Å². The van der Waals surface area contributed by atoms with Crippen LogP contribution in [0.4, 0.5) is 6.01 Å². The Balaban J connectivity index is 2.10. The molecule has 78 valence electrons. The van der Waals surface area contributed by atoms with Gasteiger partial charge in [-0.05, 0) is 28.1 Å². The first-order valence-corrected chi connectivity index (χ1v) is 5.63. The molecule has 0 fully saturated rings. The highest BCUT2D eigenvalue weighted by Gasteiger charge is 2.11. The van der Waals surface area contributed by atoms with Crippen molar-refractivity contribution in [2.45, 2.75) is 6.92 Å². The van der Waals surface area contributed by atoms with E-state index in [1.165, 1.54) is 11.3 Å². The van der Waals surface area contributed by atoms with Crippen molar-refractivity contribution < 1.29 is 9.21 Å². The largest absolute Gasteiger partial charge is 0.408 e. The van der Waals surface area contributed by atoms with E-state index in [0.717, 1.165) is 3.79 Å². The third-order valence-electron chi connectivity index (χ3n) is 1.54. The van der Waals surface area contributed by atoms with E-state index in [2.05, 4.69) is 31.4 Å². The molecule has 0 spiro atoms. The number of rotatable bonds is 2. The molecule has 0 saturated heterocycles. The van der Waals surface area contributed by atoms with Gasteiger partial charge in [-0.15, -0.1) is 16.4 Å². The Morgan fingerprint density at radius 1 is 1.53 bits per heavy atom. The standard InChI is InChI=1S/C8H6BrN3O2S/c1-4-11-12-8(14-4)10-7(13)5-2-3-6(9)15-5/h2-3H,1H3,(H,10,12,13). The SMILES string of the molecule is Cc1nnc(NC(=O)c2ccc(Br)s2)o1. The first-order chi connectivity index (χ1) is 7.15. The molecule has 0 saturated carbocycles. The van der Waals surface area contributed by atoms with Gasteiger partial charge in [-0.3, -0.25) is 10.1 Å². The fraction of sp³-hybridized carbons (Fsp3) is 0.125. The molecule has 7 heteroatoms. The molecule has 0 unspecified atom stereocenters. The van der Waals surface area contributed by atoms with E-state index in [1.54, 1.807) is 19.1 Å². The summed E-state index contributed by atoms with van der Waals surface area (Å²) in [5, 5.41) is 9.77. The van der Waals surface area contributed by atoms with Crippen molar-refractivity contribution >= 4 is 39.2 Å². The average Bonchev–Trinajstić information content (AvgIpc) is 2.75. The van der Waals surface area contributed by atoms with Gasteiger partial charge >= 0.3 is 6.01 Å². The second-order valence-corrected chi connectivity index (χ2v) is 5.15. The van der Waals surface area contributed by atoms with Crippen LogP contribution in [0.3, 0.4) is 0 Å². The fourth-order valence-corrected chi connectivity index (χ4v) is 2.22. The minimum Gasteiger partial charge on any atom is -0.408 e.